The van der Waals surface area contributed by atoms with Gasteiger partial charge in [-0.15, -0.1) is 0 Å². The summed E-state index contributed by atoms with van der Waals surface area (Å²) in [5.41, 5.74) is -0.367. The number of hydrogen-bond acceptors (Lipinski definition) is 5. The van der Waals surface area contributed by atoms with Gasteiger partial charge in [-0.25, -0.2) is 0 Å². The Morgan fingerprint density at radius 1 is 1.42 bits per heavy atom. The molecule has 1 heterocycles. The number of para-hydroxylation sites is 1. The zero-order valence-corrected chi connectivity index (χ0v) is 11.0. The van der Waals surface area contributed by atoms with E-state index in [9.17, 15) is 10.4 Å². The molecule has 0 saturated carbocycles. The van der Waals surface area contributed by atoms with Gasteiger partial charge in [0.25, 0.3) is 0 Å². The molecule has 1 saturated heterocycles. The van der Waals surface area contributed by atoms with Gasteiger partial charge in [-0.2, -0.15) is 5.26 Å². The number of ether oxygens (including phenoxy) is 3. The van der Waals surface area contributed by atoms with E-state index >= 15 is 0 Å². The third-order valence-electron chi connectivity index (χ3n) is 3.53. The van der Waals surface area contributed by atoms with Crippen molar-refractivity contribution in [1.82, 2.24) is 0 Å². The Morgan fingerprint density at radius 2 is 2.21 bits per heavy atom. The highest BCUT2D eigenvalue weighted by atomic mass is 16.5. The van der Waals surface area contributed by atoms with E-state index in [1.54, 1.807) is 18.2 Å². The second kappa shape index (κ2) is 5.47. The molecule has 0 aliphatic carbocycles. The summed E-state index contributed by atoms with van der Waals surface area (Å²) in [6, 6.07) is 7.45. The van der Waals surface area contributed by atoms with E-state index in [4.69, 9.17) is 14.2 Å². The Bertz CT molecular complexity index is 489. The summed E-state index contributed by atoms with van der Waals surface area (Å²) < 4.78 is 15.8. The predicted molar refractivity (Wildman–Crippen MR) is 68.0 cm³/mol. The Hall–Kier alpha value is -1.77. The number of nitriles is 1. The first-order valence-electron chi connectivity index (χ1n) is 6.06. The van der Waals surface area contributed by atoms with Crippen molar-refractivity contribution in [3.63, 3.8) is 0 Å². The molecule has 1 fully saturated rings. The molecule has 0 radical (unpaired) electrons. The van der Waals surface area contributed by atoms with E-state index in [2.05, 4.69) is 6.07 Å². The Labute approximate surface area is 112 Å². The number of methoxy groups -OCH3 is 2. The van der Waals surface area contributed by atoms with Crippen LogP contribution in [0.3, 0.4) is 0 Å². The molecule has 1 aliphatic heterocycles. The molecule has 2 atom stereocenters. The average Bonchev–Trinajstić information content (AvgIpc) is 2.95. The zero-order valence-electron chi connectivity index (χ0n) is 11.0. The maximum Gasteiger partial charge on any atom is 0.166 e. The highest BCUT2D eigenvalue weighted by molar-refractivity contribution is 5.48. The van der Waals surface area contributed by atoms with Gasteiger partial charge in [0.2, 0.25) is 0 Å². The molecule has 2 rings (SSSR count). The molecule has 1 aliphatic rings. The Morgan fingerprint density at radius 3 is 2.74 bits per heavy atom. The van der Waals surface area contributed by atoms with E-state index in [0.29, 0.717) is 30.1 Å². The van der Waals surface area contributed by atoms with E-state index in [1.165, 1.54) is 14.2 Å². The molecule has 5 nitrogen and oxygen atoms in total. The van der Waals surface area contributed by atoms with Gasteiger partial charge in [0, 0.05) is 12.2 Å². The summed E-state index contributed by atoms with van der Waals surface area (Å²) in [4.78, 5) is 0. The van der Waals surface area contributed by atoms with Gasteiger partial charge in [0.1, 0.15) is 11.5 Å². The van der Waals surface area contributed by atoms with Crippen molar-refractivity contribution in [1.29, 1.82) is 5.26 Å². The SMILES string of the molecule is COc1cccc(C(O)C2(C#N)CCOC2)c1OC. The molecule has 1 N–H and O–H groups in total. The normalized spacial score (nSPS) is 23.7. The van der Waals surface area contributed by atoms with Crippen molar-refractivity contribution in [3.8, 4) is 17.6 Å². The summed E-state index contributed by atoms with van der Waals surface area (Å²) in [7, 11) is 3.05. The fraction of sp³-hybridized carbons (Fsp3) is 0.500. The molecular weight excluding hydrogens is 246 g/mol. The van der Waals surface area contributed by atoms with Crippen LogP contribution in [0.25, 0.3) is 0 Å². The van der Waals surface area contributed by atoms with Crippen LogP contribution >= 0.6 is 0 Å². The van der Waals surface area contributed by atoms with E-state index < -0.39 is 11.5 Å². The van der Waals surface area contributed by atoms with Crippen LogP contribution in [0.15, 0.2) is 18.2 Å². The van der Waals surface area contributed by atoms with Gasteiger partial charge >= 0.3 is 0 Å². The van der Waals surface area contributed by atoms with Gasteiger partial charge in [-0.1, -0.05) is 12.1 Å². The number of benzene rings is 1. The summed E-state index contributed by atoms with van der Waals surface area (Å²) in [6.45, 7) is 0.710. The summed E-state index contributed by atoms with van der Waals surface area (Å²) in [5.74, 6) is 0.991. The van der Waals surface area contributed by atoms with Crippen molar-refractivity contribution < 1.29 is 19.3 Å². The first-order valence-corrected chi connectivity index (χ1v) is 6.06. The fourth-order valence-corrected chi connectivity index (χ4v) is 2.37. The van der Waals surface area contributed by atoms with E-state index in [-0.39, 0.29) is 6.61 Å². The second-order valence-electron chi connectivity index (χ2n) is 4.56. The summed E-state index contributed by atoms with van der Waals surface area (Å²) in [6.07, 6.45) is -0.463. The minimum atomic E-state index is -0.968. The topological polar surface area (TPSA) is 71.7 Å². The lowest BCUT2D eigenvalue weighted by molar-refractivity contribution is 0.0483. The molecule has 19 heavy (non-hydrogen) atoms. The highest BCUT2D eigenvalue weighted by Gasteiger charge is 2.44. The van der Waals surface area contributed by atoms with Crippen LogP contribution in [0.5, 0.6) is 11.5 Å². The van der Waals surface area contributed by atoms with Crippen LogP contribution in [0.1, 0.15) is 18.1 Å². The Balaban J connectivity index is 2.44. The van der Waals surface area contributed by atoms with Crippen LogP contribution in [-0.4, -0.2) is 32.5 Å². The lowest BCUT2D eigenvalue weighted by Gasteiger charge is -2.27. The molecule has 0 aromatic heterocycles. The van der Waals surface area contributed by atoms with E-state index in [0.717, 1.165) is 0 Å². The molecule has 0 bridgehead atoms. The van der Waals surface area contributed by atoms with Crippen molar-refractivity contribution in [2.24, 2.45) is 5.41 Å². The number of rotatable bonds is 4. The second-order valence-corrected chi connectivity index (χ2v) is 4.56. The van der Waals surface area contributed by atoms with Crippen LogP contribution in [0, 0.1) is 16.7 Å². The van der Waals surface area contributed by atoms with E-state index in [1.807, 2.05) is 0 Å². The molecule has 102 valence electrons. The first kappa shape index (κ1) is 13.7. The smallest absolute Gasteiger partial charge is 0.166 e. The number of aliphatic hydroxyl groups excluding tert-OH is 1. The van der Waals surface area contributed by atoms with Gasteiger partial charge in [0.05, 0.1) is 26.9 Å². The summed E-state index contributed by atoms with van der Waals surface area (Å²) >= 11 is 0. The van der Waals surface area contributed by atoms with Crippen molar-refractivity contribution in [3.05, 3.63) is 23.8 Å². The maximum absolute atomic E-state index is 10.6. The van der Waals surface area contributed by atoms with Gasteiger partial charge in [-0.3, -0.25) is 0 Å². The van der Waals surface area contributed by atoms with Crippen molar-refractivity contribution >= 4 is 0 Å². The minimum Gasteiger partial charge on any atom is -0.493 e. The standard InChI is InChI=1S/C14H17NO4/c1-17-11-5-3-4-10(12(11)18-2)13(16)14(8-15)6-7-19-9-14/h3-5,13,16H,6-7,9H2,1-2H3. The molecule has 5 heteroatoms. The molecule has 2 unspecified atom stereocenters. The van der Waals surface area contributed by atoms with Crippen LogP contribution in [-0.2, 0) is 4.74 Å². The molecule has 1 aromatic rings. The van der Waals surface area contributed by atoms with Crippen LogP contribution in [0.2, 0.25) is 0 Å². The average molecular weight is 263 g/mol. The molecule has 0 amide bonds. The molecule has 0 spiro atoms. The predicted octanol–water partition coefficient (Wildman–Crippen LogP) is 1.67. The maximum atomic E-state index is 10.6. The monoisotopic (exact) mass is 263 g/mol. The van der Waals surface area contributed by atoms with Gasteiger partial charge < -0.3 is 19.3 Å². The Kier molecular flexibility index (Phi) is 3.93. The fourth-order valence-electron chi connectivity index (χ4n) is 2.37. The first-order chi connectivity index (χ1) is 9.18. The number of aliphatic hydroxyl groups is 1. The number of hydrogen-bond donors (Lipinski definition) is 1. The van der Waals surface area contributed by atoms with Crippen molar-refractivity contribution in [2.45, 2.75) is 12.5 Å². The lowest BCUT2D eigenvalue weighted by Crippen LogP contribution is -2.28. The third kappa shape index (κ3) is 2.25. The van der Waals surface area contributed by atoms with Gasteiger partial charge in [-0.05, 0) is 12.5 Å². The summed E-state index contributed by atoms with van der Waals surface area (Å²) in [5, 5.41) is 19.9. The minimum absolute atomic E-state index is 0.227. The lowest BCUT2D eigenvalue weighted by atomic mass is 9.79. The zero-order chi connectivity index (χ0) is 13.9. The van der Waals surface area contributed by atoms with Crippen LogP contribution in [0.4, 0.5) is 0 Å². The van der Waals surface area contributed by atoms with Gasteiger partial charge in [0.15, 0.2) is 11.5 Å². The largest absolute Gasteiger partial charge is 0.493 e. The quantitative estimate of drug-likeness (QED) is 0.894. The number of nitrogens with zero attached hydrogens (tertiary/aromatic N) is 1. The highest BCUT2D eigenvalue weighted by Crippen LogP contribution is 2.45. The molecule has 1 aromatic carbocycles. The van der Waals surface area contributed by atoms with Crippen LogP contribution < -0.4 is 9.47 Å². The van der Waals surface area contributed by atoms with Crippen molar-refractivity contribution in [2.75, 3.05) is 27.4 Å². The molecular formula is C14H17NO4. The third-order valence-corrected chi connectivity index (χ3v) is 3.53.